The van der Waals surface area contributed by atoms with Crippen molar-refractivity contribution in [3.05, 3.63) is 53.1 Å². The van der Waals surface area contributed by atoms with Crippen molar-refractivity contribution in [2.75, 3.05) is 26.9 Å². The number of hydrogen-bond donors (Lipinski definition) is 4. The van der Waals surface area contributed by atoms with E-state index in [0.717, 1.165) is 16.9 Å². The minimum Gasteiger partial charge on any atom is -0.497 e. The Morgan fingerprint density at radius 2 is 1.70 bits per heavy atom. The minimum absolute atomic E-state index is 0.396. The first-order valence-electron chi connectivity index (χ1n) is 9.87. The van der Waals surface area contributed by atoms with Gasteiger partial charge in [0.05, 0.1) is 13.7 Å². The summed E-state index contributed by atoms with van der Waals surface area (Å²) in [7, 11) is 1.61. The fourth-order valence-electron chi connectivity index (χ4n) is 3.89. The Bertz CT molecular complexity index is 866. The molecule has 30 heavy (non-hydrogen) atoms. The van der Waals surface area contributed by atoms with Gasteiger partial charge in [-0.15, -0.1) is 0 Å². The highest BCUT2D eigenvalue weighted by atomic mass is 16.6. The molecule has 4 N–H and O–H groups in total. The molecule has 0 radical (unpaired) electrons. The molecule has 2 aromatic carbocycles. The smallest absolute Gasteiger partial charge is 0.164 e. The van der Waals surface area contributed by atoms with Gasteiger partial charge in [-0.05, 0) is 35.4 Å². The lowest BCUT2D eigenvalue weighted by atomic mass is 9.89. The monoisotopic (exact) mass is 418 g/mol. The number of fused-ring (bicyclic) bond motifs is 1. The third-order valence-electron chi connectivity index (χ3n) is 5.52. The van der Waals surface area contributed by atoms with Gasteiger partial charge in [-0.2, -0.15) is 0 Å². The Morgan fingerprint density at radius 1 is 0.967 bits per heavy atom. The van der Waals surface area contributed by atoms with E-state index in [2.05, 4.69) is 0 Å². The maximum Gasteiger partial charge on any atom is 0.164 e. The number of aliphatic hydroxyl groups is 4. The molecule has 8 heteroatoms. The van der Waals surface area contributed by atoms with Gasteiger partial charge in [0.15, 0.2) is 11.5 Å². The first kappa shape index (κ1) is 20.9. The van der Waals surface area contributed by atoms with Crippen molar-refractivity contribution in [1.82, 2.24) is 0 Å². The van der Waals surface area contributed by atoms with Gasteiger partial charge in [0.1, 0.15) is 49.5 Å². The van der Waals surface area contributed by atoms with E-state index < -0.39 is 37.1 Å². The zero-order valence-electron chi connectivity index (χ0n) is 16.6. The van der Waals surface area contributed by atoms with Gasteiger partial charge in [0.2, 0.25) is 0 Å². The van der Waals surface area contributed by atoms with Crippen molar-refractivity contribution in [2.45, 2.75) is 36.9 Å². The van der Waals surface area contributed by atoms with E-state index in [0.29, 0.717) is 36.7 Å². The predicted molar refractivity (Wildman–Crippen MR) is 106 cm³/mol. The van der Waals surface area contributed by atoms with Crippen LogP contribution in [-0.4, -0.2) is 71.8 Å². The summed E-state index contributed by atoms with van der Waals surface area (Å²) >= 11 is 0. The highest BCUT2D eigenvalue weighted by Gasteiger charge is 2.44. The van der Waals surface area contributed by atoms with Gasteiger partial charge < -0.3 is 39.4 Å². The van der Waals surface area contributed by atoms with Crippen LogP contribution in [0.3, 0.4) is 0 Å². The quantitative estimate of drug-likeness (QED) is 0.557. The van der Waals surface area contributed by atoms with E-state index in [1.54, 1.807) is 13.2 Å². The zero-order valence-corrected chi connectivity index (χ0v) is 16.6. The van der Waals surface area contributed by atoms with E-state index >= 15 is 0 Å². The average molecular weight is 418 g/mol. The molecule has 2 aliphatic rings. The predicted octanol–water partition coefficient (Wildman–Crippen LogP) is 0.572. The standard InChI is InChI=1S/C22H26O8/c1-27-15-4-2-12(3-5-15)8-13-9-14(10-16-21(13)29-7-6-28-16)22-20(26)19(25)18(24)17(11-23)30-22/h2-5,9-10,17-20,22-26H,6-8,11H2,1H3/t17-,18-,19+,20-,22+/m1/s1. The van der Waals surface area contributed by atoms with Crippen LogP contribution in [0.4, 0.5) is 0 Å². The Morgan fingerprint density at radius 3 is 2.40 bits per heavy atom. The summed E-state index contributed by atoms with van der Waals surface area (Å²) < 4.78 is 22.5. The number of methoxy groups -OCH3 is 1. The van der Waals surface area contributed by atoms with Gasteiger partial charge in [-0.3, -0.25) is 0 Å². The molecule has 0 spiro atoms. The molecule has 1 saturated heterocycles. The first-order chi connectivity index (χ1) is 14.5. The van der Waals surface area contributed by atoms with Crippen molar-refractivity contribution >= 4 is 0 Å². The van der Waals surface area contributed by atoms with Crippen molar-refractivity contribution in [3.63, 3.8) is 0 Å². The highest BCUT2D eigenvalue weighted by molar-refractivity contribution is 5.52. The van der Waals surface area contributed by atoms with Gasteiger partial charge in [-0.25, -0.2) is 0 Å². The minimum atomic E-state index is -1.45. The van der Waals surface area contributed by atoms with E-state index in [1.165, 1.54) is 0 Å². The number of rotatable bonds is 5. The molecule has 2 heterocycles. The summed E-state index contributed by atoms with van der Waals surface area (Å²) in [5, 5.41) is 40.2. The summed E-state index contributed by atoms with van der Waals surface area (Å²) in [6.45, 7) is 0.347. The summed E-state index contributed by atoms with van der Waals surface area (Å²) in [6, 6.07) is 11.2. The fraction of sp³-hybridized carbons (Fsp3) is 0.455. The largest absolute Gasteiger partial charge is 0.497 e. The van der Waals surface area contributed by atoms with E-state index in [1.807, 2.05) is 30.3 Å². The second-order valence-corrected chi connectivity index (χ2v) is 7.48. The third-order valence-corrected chi connectivity index (χ3v) is 5.52. The van der Waals surface area contributed by atoms with Gasteiger partial charge >= 0.3 is 0 Å². The zero-order chi connectivity index (χ0) is 21.3. The molecular weight excluding hydrogens is 392 g/mol. The van der Waals surface area contributed by atoms with Crippen molar-refractivity contribution < 1.29 is 39.4 Å². The van der Waals surface area contributed by atoms with E-state index in [4.69, 9.17) is 18.9 Å². The molecule has 0 unspecified atom stereocenters. The number of aliphatic hydroxyl groups excluding tert-OH is 4. The number of ether oxygens (including phenoxy) is 4. The number of hydrogen-bond acceptors (Lipinski definition) is 8. The normalized spacial score (nSPS) is 28.2. The molecular formula is C22H26O8. The maximum atomic E-state index is 10.5. The van der Waals surface area contributed by atoms with Crippen LogP contribution < -0.4 is 14.2 Å². The second-order valence-electron chi connectivity index (χ2n) is 7.48. The van der Waals surface area contributed by atoms with Crippen molar-refractivity contribution in [2.24, 2.45) is 0 Å². The van der Waals surface area contributed by atoms with Crippen LogP contribution in [0.1, 0.15) is 22.8 Å². The van der Waals surface area contributed by atoms with Crippen LogP contribution in [0.15, 0.2) is 36.4 Å². The summed E-state index contributed by atoms with van der Waals surface area (Å²) in [4.78, 5) is 0. The molecule has 2 aromatic rings. The van der Waals surface area contributed by atoms with Crippen molar-refractivity contribution in [1.29, 1.82) is 0 Å². The fourth-order valence-corrected chi connectivity index (χ4v) is 3.89. The molecule has 0 bridgehead atoms. The van der Waals surface area contributed by atoms with Gasteiger partial charge in [-0.1, -0.05) is 12.1 Å². The molecule has 1 fully saturated rings. The van der Waals surface area contributed by atoms with Gasteiger partial charge in [0, 0.05) is 12.0 Å². The lowest BCUT2D eigenvalue weighted by Gasteiger charge is -2.40. The maximum absolute atomic E-state index is 10.5. The third kappa shape index (κ3) is 3.97. The summed E-state index contributed by atoms with van der Waals surface area (Å²) in [6.07, 6.45) is -5.59. The van der Waals surface area contributed by atoms with Gasteiger partial charge in [0.25, 0.3) is 0 Å². The van der Waals surface area contributed by atoms with E-state index in [-0.39, 0.29) is 0 Å². The summed E-state index contributed by atoms with van der Waals surface area (Å²) in [5.74, 6) is 1.92. The first-order valence-corrected chi connectivity index (χ1v) is 9.87. The Labute approximate surface area is 174 Å². The van der Waals surface area contributed by atoms with Crippen LogP contribution in [0, 0.1) is 0 Å². The topological polar surface area (TPSA) is 118 Å². The second kappa shape index (κ2) is 8.79. The molecule has 0 amide bonds. The molecule has 4 rings (SSSR count). The van der Waals surface area contributed by atoms with Crippen LogP contribution in [0.25, 0.3) is 0 Å². The molecule has 0 aliphatic carbocycles. The Hall–Kier alpha value is -2.36. The summed E-state index contributed by atoms with van der Waals surface area (Å²) in [5.41, 5.74) is 2.43. The number of benzene rings is 2. The molecule has 0 saturated carbocycles. The Kier molecular flexibility index (Phi) is 6.12. The lowest BCUT2D eigenvalue weighted by molar-refractivity contribution is -0.231. The molecule has 162 valence electrons. The lowest BCUT2D eigenvalue weighted by Crippen LogP contribution is -2.55. The van der Waals surface area contributed by atoms with Crippen LogP contribution in [0.5, 0.6) is 17.2 Å². The molecule has 8 nitrogen and oxygen atoms in total. The Balaban J connectivity index is 1.69. The SMILES string of the molecule is COc1ccc(Cc2cc([C@@H]3O[C@H](CO)[C@@H](O)[C@H](O)[C@H]3O)cc3c2OCCO3)cc1. The van der Waals surface area contributed by atoms with Crippen molar-refractivity contribution in [3.8, 4) is 17.2 Å². The molecule has 2 aliphatic heterocycles. The van der Waals surface area contributed by atoms with Crippen LogP contribution in [-0.2, 0) is 11.2 Å². The van der Waals surface area contributed by atoms with E-state index in [9.17, 15) is 20.4 Å². The van der Waals surface area contributed by atoms with Crippen LogP contribution >= 0.6 is 0 Å². The molecule has 5 atom stereocenters. The average Bonchev–Trinajstić information content (AvgIpc) is 2.78. The van der Waals surface area contributed by atoms with Crippen LogP contribution in [0.2, 0.25) is 0 Å². The highest BCUT2D eigenvalue weighted by Crippen LogP contribution is 2.41. The molecule has 0 aromatic heterocycles.